The van der Waals surface area contributed by atoms with E-state index in [1.807, 2.05) is 105 Å². The van der Waals surface area contributed by atoms with E-state index in [0.29, 0.717) is 23.1 Å². The second kappa shape index (κ2) is 12.4. The third kappa shape index (κ3) is 6.58. The van der Waals surface area contributed by atoms with Crippen molar-refractivity contribution in [1.82, 2.24) is 14.8 Å². The van der Waals surface area contributed by atoms with Crippen LogP contribution in [0.5, 0.6) is 0 Å². The number of thioether (sulfide) groups is 1. The van der Waals surface area contributed by atoms with Crippen LogP contribution < -0.4 is 10.6 Å². The van der Waals surface area contributed by atoms with Crippen molar-refractivity contribution in [1.29, 1.82) is 0 Å². The Morgan fingerprint density at radius 1 is 0.921 bits per heavy atom. The number of carbonyl (C=O) groups excluding carboxylic acids is 2. The first-order valence-electron chi connectivity index (χ1n) is 12.4. The Kier molecular flexibility index (Phi) is 8.76. The Balaban J connectivity index is 1.40. The highest BCUT2D eigenvalue weighted by atomic mass is 32.2. The molecule has 4 aromatic rings. The minimum atomic E-state index is -0.314. The SMILES string of the molecule is CCC(Sc1nnc(-c2ccc(NC(=O)C=Cc3ccccc3)cc2)n1C)C(=O)Nc1c(C)cccc1C. The number of aryl methyl sites for hydroxylation is 2. The molecule has 0 fully saturated rings. The van der Waals surface area contributed by atoms with E-state index >= 15 is 0 Å². The maximum absolute atomic E-state index is 13.1. The number of nitrogens with zero attached hydrogens (tertiary/aromatic N) is 3. The molecule has 2 N–H and O–H groups in total. The summed E-state index contributed by atoms with van der Waals surface area (Å²) in [6.07, 6.45) is 3.93. The highest BCUT2D eigenvalue weighted by molar-refractivity contribution is 8.00. The Labute approximate surface area is 227 Å². The molecule has 3 aromatic carbocycles. The van der Waals surface area contributed by atoms with Crippen molar-refractivity contribution in [3.8, 4) is 11.4 Å². The fraction of sp³-hybridized carbons (Fsp3) is 0.200. The zero-order chi connectivity index (χ0) is 27.1. The van der Waals surface area contributed by atoms with Crippen molar-refractivity contribution in [2.75, 3.05) is 10.6 Å². The molecule has 0 spiro atoms. The van der Waals surface area contributed by atoms with Crippen LogP contribution in [0.25, 0.3) is 17.5 Å². The third-order valence-corrected chi connectivity index (χ3v) is 7.51. The van der Waals surface area contributed by atoms with Crippen LogP contribution in [-0.4, -0.2) is 31.8 Å². The van der Waals surface area contributed by atoms with Gasteiger partial charge in [-0.15, -0.1) is 10.2 Å². The highest BCUT2D eigenvalue weighted by Crippen LogP contribution is 2.29. The third-order valence-electron chi connectivity index (χ3n) is 6.11. The van der Waals surface area contributed by atoms with Crippen LogP contribution in [0, 0.1) is 13.8 Å². The van der Waals surface area contributed by atoms with Crippen LogP contribution in [0.3, 0.4) is 0 Å². The van der Waals surface area contributed by atoms with E-state index in [1.54, 1.807) is 6.08 Å². The lowest BCUT2D eigenvalue weighted by molar-refractivity contribution is -0.115. The Bertz CT molecular complexity index is 1430. The van der Waals surface area contributed by atoms with Gasteiger partial charge >= 0.3 is 0 Å². The smallest absolute Gasteiger partial charge is 0.248 e. The van der Waals surface area contributed by atoms with Crippen LogP contribution in [0.1, 0.15) is 30.0 Å². The van der Waals surface area contributed by atoms with Gasteiger partial charge in [-0.2, -0.15) is 0 Å². The largest absolute Gasteiger partial charge is 0.325 e. The minimum absolute atomic E-state index is 0.0548. The van der Waals surface area contributed by atoms with Gasteiger partial charge in [-0.3, -0.25) is 9.59 Å². The monoisotopic (exact) mass is 525 g/mol. The van der Waals surface area contributed by atoms with Crippen LogP contribution in [-0.2, 0) is 16.6 Å². The highest BCUT2D eigenvalue weighted by Gasteiger charge is 2.23. The fourth-order valence-electron chi connectivity index (χ4n) is 3.96. The van der Waals surface area contributed by atoms with Gasteiger partial charge in [-0.1, -0.05) is 67.2 Å². The number of benzene rings is 3. The van der Waals surface area contributed by atoms with Crippen molar-refractivity contribution in [2.24, 2.45) is 7.05 Å². The second-order valence-electron chi connectivity index (χ2n) is 8.95. The van der Waals surface area contributed by atoms with Gasteiger partial charge in [-0.05, 0) is 67.3 Å². The van der Waals surface area contributed by atoms with Crippen molar-refractivity contribution in [3.63, 3.8) is 0 Å². The molecule has 0 aliphatic rings. The zero-order valence-electron chi connectivity index (χ0n) is 21.9. The van der Waals surface area contributed by atoms with Crippen molar-refractivity contribution >= 4 is 41.0 Å². The molecule has 38 heavy (non-hydrogen) atoms. The van der Waals surface area contributed by atoms with Gasteiger partial charge in [0.2, 0.25) is 11.8 Å². The average Bonchev–Trinajstić information content (AvgIpc) is 3.28. The molecule has 0 aliphatic heterocycles. The van der Waals surface area contributed by atoms with E-state index in [-0.39, 0.29) is 17.1 Å². The molecule has 1 atom stereocenters. The molecule has 4 rings (SSSR count). The zero-order valence-corrected chi connectivity index (χ0v) is 22.8. The summed E-state index contributed by atoms with van der Waals surface area (Å²) >= 11 is 1.40. The van der Waals surface area contributed by atoms with Gasteiger partial charge in [-0.25, -0.2) is 0 Å². The summed E-state index contributed by atoms with van der Waals surface area (Å²) in [5.41, 5.74) is 5.43. The number of rotatable bonds is 9. The number of para-hydroxylation sites is 1. The molecule has 0 saturated heterocycles. The van der Waals surface area contributed by atoms with Crippen LogP contribution >= 0.6 is 11.8 Å². The summed E-state index contributed by atoms with van der Waals surface area (Å²) in [7, 11) is 1.89. The normalized spacial score (nSPS) is 11.9. The number of amides is 2. The summed E-state index contributed by atoms with van der Waals surface area (Å²) in [4.78, 5) is 25.3. The quantitative estimate of drug-likeness (QED) is 0.199. The predicted molar refractivity (Wildman–Crippen MR) is 155 cm³/mol. The second-order valence-corrected chi connectivity index (χ2v) is 10.1. The predicted octanol–water partition coefficient (Wildman–Crippen LogP) is 6.26. The lowest BCUT2D eigenvalue weighted by atomic mass is 10.1. The molecule has 194 valence electrons. The van der Waals surface area contributed by atoms with E-state index in [9.17, 15) is 9.59 Å². The summed E-state index contributed by atoms with van der Waals surface area (Å²) in [5.74, 6) is 0.420. The molecular weight excluding hydrogens is 494 g/mol. The summed E-state index contributed by atoms with van der Waals surface area (Å²) in [6, 6.07) is 23.1. The maximum atomic E-state index is 13.1. The summed E-state index contributed by atoms with van der Waals surface area (Å²) < 4.78 is 1.88. The summed E-state index contributed by atoms with van der Waals surface area (Å²) in [5, 5.41) is 15.0. The van der Waals surface area contributed by atoms with Crippen molar-refractivity contribution in [3.05, 3.63) is 95.6 Å². The van der Waals surface area contributed by atoms with Crippen LogP contribution in [0.4, 0.5) is 11.4 Å². The Morgan fingerprint density at radius 2 is 1.61 bits per heavy atom. The first-order chi connectivity index (χ1) is 18.4. The summed E-state index contributed by atoms with van der Waals surface area (Å²) in [6.45, 7) is 5.97. The molecular formula is C30H31N5O2S. The number of nitrogens with one attached hydrogen (secondary N) is 2. The molecule has 0 bridgehead atoms. The van der Waals surface area contributed by atoms with Gasteiger partial charge in [0.1, 0.15) is 0 Å². The number of aromatic nitrogens is 3. The molecule has 8 heteroatoms. The Hall–Kier alpha value is -4.17. The molecule has 1 unspecified atom stereocenters. The number of carbonyl (C=O) groups is 2. The Morgan fingerprint density at radius 3 is 2.26 bits per heavy atom. The number of anilines is 2. The van der Waals surface area contributed by atoms with Crippen LogP contribution in [0.15, 0.2) is 84.0 Å². The molecule has 1 aromatic heterocycles. The van der Waals surface area contributed by atoms with Crippen LogP contribution in [0.2, 0.25) is 0 Å². The van der Waals surface area contributed by atoms with Gasteiger partial charge in [0.25, 0.3) is 0 Å². The maximum Gasteiger partial charge on any atom is 0.248 e. The average molecular weight is 526 g/mol. The van der Waals surface area contributed by atoms with E-state index in [2.05, 4.69) is 20.8 Å². The number of hydrogen-bond donors (Lipinski definition) is 2. The molecule has 2 amide bonds. The minimum Gasteiger partial charge on any atom is -0.325 e. The van der Waals surface area contributed by atoms with Gasteiger partial charge in [0, 0.05) is 30.1 Å². The topological polar surface area (TPSA) is 88.9 Å². The molecule has 7 nitrogen and oxygen atoms in total. The van der Waals surface area contributed by atoms with E-state index in [1.165, 1.54) is 17.8 Å². The standard InChI is InChI=1S/C30H31N5O2S/c1-5-25(29(37)32-27-20(2)10-9-11-21(27)3)38-30-34-33-28(35(30)4)23-15-17-24(18-16-23)31-26(36)19-14-22-12-7-6-8-13-22/h6-19,25H,5H2,1-4H3,(H,31,36)(H,32,37). The lowest BCUT2D eigenvalue weighted by Gasteiger charge is -2.17. The first kappa shape index (κ1) is 26.9. The first-order valence-corrected chi connectivity index (χ1v) is 13.3. The molecule has 0 aliphatic carbocycles. The van der Waals surface area contributed by atoms with E-state index in [0.717, 1.165) is 27.9 Å². The fourth-order valence-corrected chi connectivity index (χ4v) is 4.88. The van der Waals surface area contributed by atoms with Crippen molar-refractivity contribution in [2.45, 2.75) is 37.6 Å². The van der Waals surface area contributed by atoms with E-state index < -0.39 is 0 Å². The van der Waals surface area contributed by atoms with Gasteiger partial charge < -0.3 is 15.2 Å². The van der Waals surface area contributed by atoms with Gasteiger partial charge in [0.15, 0.2) is 11.0 Å². The molecule has 1 heterocycles. The lowest BCUT2D eigenvalue weighted by Crippen LogP contribution is -2.25. The van der Waals surface area contributed by atoms with Gasteiger partial charge in [0.05, 0.1) is 5.25 Å². The van der Waals surface area contributed by atoms with Crippen molar-refractivity contribution < 1.29 is 9.59 Å². The van der Waals surface area contributed by atoms with E-state index in [4.69, 9.17) is 0 Å². The number of hydrogen-bond acceptors (Lipinski definition) is 5. The molecule has 0 saturated carbocycles. The molecule has 0 radical (unpaired) electrons.